The molecule has 2 aromatic rings. The number of rotatable bonds is 1. The Morgan fingerprint density at radius 2 is 1.65 bits per heavy atom. The van der Waals surface area contributed by atoms with Crippen molar-refractivity contribution in [3.8, 4) is 11.3 Å². The lowest BCUT2D eigenvalue weighted by molar-refractivity contribution is 0.567. The van der Waals surface area contributed by atoms with Crippen molar-refractivity contribution >= 4 is 0 Å². The summed E-state index contributed by atoms with van der Waals surface area (Å²) in [5, 5.41) is 0. The molecule has 88 valence electrons. The summed E-state index contributed by atoms with van der Waals surface area (Å²) in [5.41, 5.74) is 2.69. The van der Waals surface area contributed by atoms with E-state index in [0.29, 0.717) is 0 Å². The van der Waals surface area contributed by atoms with Gasteiger partial charge in [0.2, 0.25) is 0 Å². The first-order chi connectivity index (χ1) is 7.97. The van der Waals surface area contributed by atoms with E-state index in [1.807, 2.05) is 6.07 Å². The second kappa shape index (κ2) is 4.24. The molecule has 1 aromatic carbocycles. The zero-order valence-electron chi connectivity index (χ0n) is 10.2. The van der Waals surface area contributed by atoms with Gasteiger partial charge in [-0.05, 0) is 30.3 Å². The van der Waals surface area contributed by atoms with Crippen molar-refractivity contribution < 1.29 is 4.39 Å². The molecule has 0 N–H and O–H groups in total. The number of benzene rings is 1. The lowest BCUT2D eigenvalue weighted by Crippen LogP contribution is -2.13. The van der Waals surface area contributed by atoms with Crippen molar-refractivity contribution in [2.24, 2.45) is 0 Å². The molecule has 1 heterocycles. The van der Waals surface area contributed by atoms with Crippen molar-refractivity contribution in [1.29, 1.82) is 0 Å². The van der Waals surface area contributed by atoms with Crippen LogP contribution in [0.1, 0.15) is 26.5 Å². The quantitative estimate of drug-likeness (QED) is 0.748. The molecular weight excluding hydrogens is 215 g/mol. The first-order valence-electron chi connectivity index (χ1n) is 5.55. The molecule has 0 aliphatic carbocycles. The highest BCUT2D eigenvalue weighted by molar-refractivity contribution is 5.59. The zero-order chi connectivity index (χ0) is 12.5. The predicted octanol–water partition coefficient (Wildman–Crippen LogP) is 3.58. The fraction of sp³-hybridized carbons (Fsp3) is 0.286. The summed E-state index contributed by atoms with van der Waals surface area (Å²) in [6.45, 7) is 6.30. The Hall–Kier alpha value is -1.77. The second-order valence-corrected chi connectivity index (χ2v) is 5.05. The average molecular weight is 230 g/mol. The standard InChI is InChI=1S/C14H15FN2/c1-14(2,3)13-8-12(16-9-17-13)10-4-6-11(15)7-5-10/h4-9H,1-3H3. The van der Waals surface area contributed by atoms with Crippen molar-refractivity contribution in [2.45, 2.75) is 26.2 Å². The van der Waals surface area contributed by atoms with Crippen LogP contribution in [0.15, 0.2) is 36.7 Å². The second-order valence-electron chi connectivity index (χ2n) is 5.05. The summed E-state index contributed by atoms with van der Waals surface area (Å²) in [5.74, 6) is -0.237. The highest BCUT2D eigenvalue weighted by Gasteiger charge is 2.16. The maximum Gasteiger partial charge on any atom is 0.123 e. The highest BCUT2D eigenvalue weighted by atomic mass is 19.1. The van der Waals surface area contributed by atoms with Crippen molar-refractivity contribution in [3.63, 3.8) is 0 Å². The highest BCUT2D eigenvalue weighted by Crippen LogP contribution is 2.24. The molecule has 0 radical (unpaired) electrons. The van der Waals surface area contributed by atoms with Gasteiger partial charge in [-0.3, -0.25) is 0 Å². The molecule has 0 bridgehead atoms. The number of hydrogen-bond acceptors (Lipinski definition) is 2. The topological polar surface area (TPSA) is 25.8 Å². The molecular formula is C14H15FN2. The molecule has 0 spiro atoms. The Labute approximate surface area is 101 Å². The normalized spacial score (nSPS) is 11.5. The Morgan fingerprint density at radius 3 is 2.24 bits per heavy atom. The lowest BCUT2D eigenvalue weighted by Gasteiger charge is -2.17. The molecule has 0 aliphatic heterocycles. The number of nitrogens with zero attached hydrogens (tertiary/aromatic N) is 2. The van der Waals surface area contributed by atoms with E-state index >= 15 is 0 Å². The molecule has 17 heavy (non-hydrogen) atoms. The maximum atomic E-state index is 12.8. The molecule has 0 atom stereocenters. The van der Waals surface area contributed by atoms with Crippen LogP contribution >= 0.6 is 0 Å². The van der Waals surface area contributed by atoms with Gasteiger partial charge in [-0.1, -0.05) is 20.8 Å². The van der Waals surface area contributed by atoms with Gasteiger partial charge in [0.15, 0.2) is 0 Å². The van der Waals surface area contributed by atoms with E-state index in [9.17, 15) is 4.39 Å². The number of halogens is 1. The summed E-state index contributed by atoms with van der Waals surface area (Å²) in [7, 11) is 0. The van der Waals surface area contributed by atoms with Gasteiger partial charge in [-0.2, -0.15) is 0 Å². The Bertz CT molecular complexity index is 512. The van der Waals surface area contributed by atoms with E-state index in [-0.39, 0.29) is 11.2 Å². The summed E-state index contributed by atoms with van der Waals surface area (Å²) < 4.78 is 12.8. The van der Waals surface area contributed by atoms with Crippen LogP contribution in [-0.4, -0.2) is 9.97 Å². The van der Waals surface area contributed by atoms with E-state index in [2.05, 4.69) is 30.7 Å². The predicted molar refractivity (Wildman–Crippen MR) is 66.1 cm³/mol. The molecule has 0 amide bonds. The Morgan fingerprint density at radius 1 is 1.00 bits per heavy atom. The minimum atomic E-state index is -0.237. The van der Waals surface area contributed by atoms with Crippen LogP contribution in [0.3, 0.4) is 0 Å². The largest absolute Gasteiger partial charge is 0.241 e. The fourth-order valence-electron chi connectivity index (χ4n) is 1.55. The lowest BCUT2D eigenvalue weighted by atomic mass is 9.91. The minimum absolute atomic E-state index is 0.0162. The first kappa shape index (κ1) is 11.7. The molecule has 0 saturated carbocycles. The molecule has 0 fully saturated rings. The van der Waals surface area contributed by atoms with Crippen LogP contribution in [0.25, 0.3) is 11.3 Å². The molecule has 1 aromatic heterocycles. The van der Waals surface area contributed by atoms with Crippen LogP contribution in [0.2, 0.25) is 0 Å². The van der Waals surface area contributed by atoms with Gasteiger partial charge in [0.25, 0.3) is 0 Å². The van der Waals surface area contributed by atoms with Gasteiger partial charge in [-0.25, -0.2) is 14.4 Å². The summed E-state index contributed by atoms with van der Waals surface area (Å²) >= 11 is 0. The third-order valence-electron chi connectivity index (χ3n) is 2.58. The number of hydrogen-bond donors (Lipinski definition) is 0. The molecule has 0 unspecified atom stereocenters. The third kappa shape index (κ3) is 2.67. The smallest absolute Gasteiger partial charge is 0.123 e. The average Bonchev–Trinajstić information content (AvgIpc) is 2.29. The van der Waals surface area contributed by atoms with Crippen molar-refractivity contribution in [1.82, 2.24) is 9.97 Å². The van der Waals surface area contributed by atoms with Gasteiger partial charge >= 0.3 is 0 Å². The third-order valence-corrected chi connectivity index (χ3v) is 2.58. The van der Waals surface area contributed by atoms with Gasteiger partial charge in [0, 0.05) is 16.7 Å². The van der Waals surface area contributed by atoms with E-state index in [1.165, 1.54) is 12.1 Å². The first-order valence-corrected chi connectivity index (χ1v) is 5.55. The molecule has 3 heteroatoms. The monoisotopic (exact) mass is 230 g/mol. The van der Waals surface area contributed by atoms with Crippen LogP contribution in [0.4, 0.5) is 4.39 Å². The molecule has 0 aliphatic rings. The van der Waals surface area contributed by atoms with Crippen LogP contribution in [-0.2, 0) is 5.41 Å². The van der Waals surface area contributed by atoms with Gasteiger partial charge in [0.05, 0.1) is 5.69 Å². The van der Waals surface area contributed by atoms with E-state index in [0.717, 1.165) is 17.0 Å². The SMILES string of the molecule is CC(C)(C)c1cc(-c2ccc(F)cc2)ncn1. The zero-order valence-corrected chi connectivity index (χ0v) is 10.2. The molecule has 2 rings (SSSR count). The maximum absolute atomic E-state index is 12.8. The van der Waals surface area contributed by atoms with Crippen molar-refractivity contribution in [2.75, 3.05) is 0 Å². The van der Waals surface area contributed by atoms with Gasteiger partial charge < -0.3 is 0 Å². The molecule has 0 saturated heterocycles. The van der Waals surface area contributed by atoms with Crippen LogP contribution in [0, 0.1) is 5.82 Å². The van der Waals surface area contributed by atoms with Crippen LogP contribution in [0.5, 0.6) is 0 Å². The summed E-state index contributed by atoms with van der Waals surface area (Å²) in [6, 6.07) is 8.28. The Balaban J connectivity index is 2.43. The Kier molecular flexibility index (Phi) is 2.92. The summed E-state index contributed by atoms with van der Waals surface area (Å²) in [6.07, 6.45) is 1.55. The van der Waals surface area contributed by atoms with Gasteiger partial charge in [-0.15, -0.1) is 0 Å². The van der Waals surface area contributed by atoms with Crippen LogP contribution < -0.4 is 0 Å². The minimum Gasteiger partial charge on any atom is -0.241 e. The fourth-order valence-corrected chi connectivity index (χ4v) is 1.55. The van der Waals surface area contributed by atoms with E-state index < -0.39 is 0 Å². The van der Waals surface area contributed by atoms with Crippen molar-refractivity contribution in [3.05, 3.63) is 48.2 Å². The van der Waals surface area contributed by atoms with Gasteiger partial charge in [0.1, 0.15) is 12.1 Å². The number of aromatic nitrogens is 2. The summed E-state index contributed by atoms with van der Waals surface area (Å²) in [4.78, 5) is 8.49. The van der Waals surface area contributed by atoms with E-state index in [4.69, 9.17) is 0 Å². The molecule has 2 nitrogen and oxygen atoms in total. The van der Waals surface area contributed by atoms with E-state index in [1.54, 1.807) is 18.5 Å².